The lowest BCUT2D eigenvalue weighted by atomic mass is 10.0. The van der Waals surface area contributed by atoms with Gasteiger partial charge in [0.15, 0.2) is 0 Å². The second kappa shape index (κ2) is 5.69. The minimum absolute atomic E-state index is 0.268. The first kappa shape index (κ1) is 13.8. The molecule has 112 valence electrons. The van der Waals surface area contributed by atoms with Crippen LogP contribution in [0, 0.1) is 0 Å². The number of carboxylic acids is 1. The van der Waals surface area contributed by atoms with Gasteiger partial charge in [0.05, 0.1) is 5.69 Å². The van der Waals surface area contributed by atoms with Crippen molar-refractivity contribution in [3.05, 3.63) is 35.9 Å². The predicted molar refractivity (Wildman–Crippen MR) is 75.9 cm³/mol. The maximum absolute atomic E-state index is 11.2. The maximum atomic E-state index is 11.2. The number of aromatic carboxylic acids is 1. The zero-order valence-electron chi connectivity index (χ0n) is 12.0. The van der Waals surface area contributed by atoms with Crippen molar-refractivity contribution in [2.75, 3.05) is 13.1 Å². The SMILES string of the molecule is Cn1cc(CN2CCC(n3cccc3C(=O)O)CC2)nn1. The van der Waals surface area contributed by atoms with E-state index < -0.39 is 5.97 Å². The van der Waals surface area contributed by atoms with Crippen molar-refractivity contribution in [3.8, 4) is 0 Å². The monoisotopic (exact) mass is 289 g/mol. The zero-order valence-corrected chi connectivity index (χ0v) is 12.0. The van der Waals surface area contributed by atoms with Gasteiger partial charge in [0.1, 0.15) is 5.69 Å². The molecule has 1 saturated heterocycles. The lowest BCUT2D eigenvalue weighted by Crippen LogP contribution is -2.34. The minimum Gasteiger partial charge on any atom is -0.477 e. The molecule has 0 aromatic carbocycles. The Kier molecular flexibility index (Phi) is 3.74. The van der Waals surface area contributed by atoms with Crippen LogP contribution in [0.15, 0.2) is 24.5 Å². The van der Waals surface area contributed by atoms with Crippen LogP contribution < -0.4 is 0 Å². The maximum Gasteiger partial charge on any atom is 0.352 e. The molecule has 0 atom stereocenters. The van der Waals surface area contributed by atoms with Crippen LogP contribution in [0.25, 0.3) is 0 Å². The van der Waals surface area contributed by atoms with Crippen molar-refractivity contribution in [3.63, 3.8) is 0 Å². The Hall–Kier alpha value is -2.15. The Morgan fingerprint density at radius 2 is 2.19 bits per heavy atom. The van der Waals surface area contributed by atoms with Gasteiger partial charge in [0, 0.05) is 45.1 Å². The van der Waals surface area contributed by atoms with Crippen LogP contribution in [0.1, 0.15) is 35.1 Å². The molecular formula is C14H19N5O2. The van der Waals surface area contributed by atoms with Crippen molar-refractivity contribution in [1.29, 1.82) is 0 Å². The summed E-state index contributed by atoms with van der Waals surface area (Å²) in [6.07, 6.45) is 5.71. The molecule has 0 aliphatic carbocycles. The number of carboxylic acid groups (broad SMARTS) is 1. The summed E-state index contributed by atoms with van der Waals surface area (Å²) in [7, 11) is 1.86. The summed E-state index contributed by atoms with van der Waals surface area (Å²) in [6.45, 7) is 2.69. The van der Waals surface area contributed by atoms with Gasteiger partial charge in [0.25, 0.3) is 0 Å². The van der Waals surface area contributed by atoms with Gasteiger partial charge in [0.2, 0.25) is 0 Å². The quantitative estimate of drug-likeness (QED) is 0.913. The van der Waals surface area contributed by atoms with Crippen molar-refractivity contribution < 1.29 is 9.90 Å². The number of aryl methyl sites for hydroxylation is 1. The van der Waals surface area contributed by atoms with Crippen LogP contribution in [0.5, 0.6) is 0 Å². The summed E-state index contributed by atoms with van der Waals surface area (Å²) in [5.41, 5.74) is 1.35. The topological polar surface area (TPSA) is 76.2 Å². The highest BCUT2D eigenvalue weighted by atomic mass is 16.4. The number of nitrogens with zero attached hydrogens (tertiary/aromatic N) is 5. The number of piperidine rings is 1. The molecule has 3 rings (SSSR count). The van der Waals surface area contributed by atoms with Crippen LogP contribution in [0.3, 0.4) is 0 Å². The van der Waals surface area contributed by atoms with Gasteiger partial charge in [-0.1, -0.05) is 5.21 Å². The van der Waals surface area contributed by atoms with E-state index in [1.54, 1.807) is 16.8 Å². The Bertz CT molecular complexity index is 625. The van der Waals surface area contributed by atoms with Crippen LogP contribution in [0.4, 0.5) is 0 Å². The van der Waals surface area contributed by atoms with Gasteiger partial charge in [-0.05, 0) is 25.0 Å². The molecule has 7 nitrogen and oxygen atoms in total. The molecule has 7 heteroatoms. The zero-order chi connectivity index (χ0) is 14.8. The van der Waals surface area contributed by atoms with E-state index in [2.05, 4.69) is 15.2 Å². The van der Waals surface area contributed by atoms with E-state index >= 15 is 0 Å². The largest absolute Gasteiger partial charge is 0.477 e. The van der Waals surface area contributed by atoms with Gasteiger partial charge in [-0.2, -0.15) is 0 Å². The second-order valence-electron chi connectivity index (χ2n) is 5.50. The van der Waals surface area contributed by atoms with E-state index in [4.69, 9.17) is 0 Å². The van der Waals surface area contributed by atoms with Gasteiger partial charge in [-0.3, -0.25) is 9.58 Å². The summed E-state index contributed by atoms with van der Waals surface area (Å²) < 4.78 is 3.60. The smallest absolute Gasteiger partial charge is 0.352 e. The first-order chi connectivity index (χ1) is 10.1. The molecule has 0 spiro atoms. The molecular weight excluding hydrogens is 270 g/mol. The Labute approximate surface area is 122 Å². The molecule has 0 bridgehead atoms. The number of hydrogen-bond acceptors (Lipinski definition) is 4. The fourth-order valence-electron chi connectivity index (χ4n) is 2.95. The number of likely N-dealkylation sites (tertiary alicyclic amines) is 1. The van der Waals surface area contributed by atoms with Gasteiger partial charge >= 0.3 is 5.97 Å². The number of hydrogen-bond donors (Lipinski definition) is 1. The lowest BCUT2D eigenvalue weighted by molar-refractivity contribution is 0.0678. The van der Waals surface area contributed by atoms with E-state index in [1.807, 2.05) is 24.0 Å². The summed E-state index contributed by atoms with van der Waals surface area (Å²) in [5.74, 6) is -0.859. The number of rotatable bonds is 4. The van der Waals surface area contributed by atoms with Crippen LogP contribution in [-0.2, 0) is 13.6 Å². The highest BCUT2D eigenvalue weighted by Crippen LogP contribution is 2.25. The van der Waals surface area contributed by atoms with Crippen molar-refractivity contribution >= 4 is 5.97 Å². The highest BCUT2D eigenvalue weighted by Gasteiger charge is 2.23. The summed E-state index contributed by atoms with van der Waals surface area (Å²) in [5, 5.41) is 17.2. The van der Waals surface area contributed by atoms with Crippen molar-refractivity contribution in [2.45, 2.75) is 25.4 Å². The minimum atomic E-state index is -0.859. The molecule has 1 N–H and O–H groups in total. The third-order valence-corrected chi connectivity index (χ3v) is 3.98. The predicted octanol–water partition coefficient (Wildman–Crippen LogP) is 1.15. The first-order valence-electron chi connectivity index (χ1n) is 7.11. The highest BCUT2D eigenvalue weighted by molar-refractivity contribution is 5.85. The van der Waals surface area contributed by atoms with Gasteiger partial charge in [-0.15, -0.1) is 5.10 Å². The fourth-order valence-corrected chi connectivity index (χ4v) is 2.95. The fraction of sp³-hybridized carbons (Fsp3) is 0.500. The van der Waals surface area contributed by atoms with E-state index in [1.165, 1.54) is 0 Å². The average Bonchev–Trinajstić information content (AvgIpc) is 3.09. The molecule has 1 aliphatic heterocycles. The van der Waals surface area contributed by atoms with Gasteiger partial charge < -0.3 is 9.67 Å². The normalized spacial score (nSPS) is 17.2. The number of carbonyl (C=O) groups is 1. The van der Waals surface area contributed by atoms with E-state index in [0.717, 1.165) is 38.2 Å². The molecule has 3 heterocycles. The molecule has 1 fully saturated rings. The molecule has 2 aromatic rings. The molecule has 0 amide bonds. The third kappa shape index (κ3) is 2.97. The second-order valence-corrected chi connectivity index (χ2v) is 5.50. The van der Waals surface area contributed by atoms with Crippen molar-refractivity contribution in [2.24, 2.45) is 7.05 Å². The molecule has 2 aromatic heterocycles. The molecule has 0 radical (unpaired) electrons. The third-order valence-electron chi connectivity index (χ3n) is 3.98. The van der Waals surface area contributed by atoms with E-state index in [-0.39, 0.29) is 6.04 Å². The summed E-state index contributed by atoms with van der Waals surface area (Å²) in [6, 6.07) is 3.73. The number of aromatic nitrogens is 4. The molecule has 0 unspecified atom stereocenters. The first-order valence-corrected chi connectivity index (χ1v) is 7.11. The Morgan fingerprint density at radius 1 is 1.43 bits per heavy atom. The summed E-state index contributed by atoms with van der Waals surface area (Å²) >= 11 is 0. The lowest BCUT2D eigenvalue weighted by Gasteiger charge is -2.32. The molecule has 21 heavy (non-hydrogen) atoms. The van der Waals surface area contributed by atoms with Crippen LogP contribution in [-0.4, -0.2) is 48.6 Å². The van der Waals surface area contributed by atoms with E-state index in [9.17, 15) is 9.90 Å². The van der Waals surface area contributed by atoms with Crippen molar-refractivity contribution in [1.82, 2.24) is 24.5 Å². The summed E-state index contributed by atoms with van der Waals surface area (Å²) in [4.78, 5) is 13.5. The Balaban J connectivity index is 1.60. The average molecular weight is 289 g/mol. The van der Waals surface area contributed by atoms with E-state index in [0.29, 0.717) is 5.69 Å². The van der Waals surface area contributed by atoms with Gasteiger partial charge in [-0.25, -0.2) is 4.79 Å². The Morgan fingerprint density at radius 3 is 2.81 bits per heavy atom. The molecule has 0 saturated carbocycles. The van der Waals surface area contributed by atoms with Crippen LogP contribution in [0.2, 0.25) is 0 Å². The standard InChI is InChI=1S/C14H19N5O2/c1-17-9-11(15-16-17)10-18-7-4-12(5-8-18)19-6-2-3-13(19)14(20)21/h2-3,6,9,12H,4-5,7-8,10H2,1H3,(H,20,21). The molecule has 1 aliphatic rings. The van der Waals surface area contributed by atoms with Crippen LogP contribution >= 0.6 is 0 Å².